The zero-order valence-electron chi connectivity index (χ0n) is 17.9. The minimum absolute atomic E-state index is 1.04. The second-order valence-electron chi connectivity index (χ2n) is 7.88. The molecule has 0 rings (SSSR count). The van der Waals surface area contributed by atoms with Gasteiger partial charge in [0.25, 0.3) is 0 Å². The summed E-state index contributed by atoms with van der Waals surface area (Å²) in [5.41, 5.74) is 0. The van der Waals surface area contributed by atoms with Gasteiger partial charge >= 0.3 is 0 Å². The lowest BCUT2D eigenvalue weighted by molar-refractivity contribution is 0.522. The van der Waals surface area contributed by atoms with E-state index >= 15 is 0 Å². The van der Waals surface area contributed by atoms with E-state index in [0.29, 0.717) is 0 Å². The lowest BCUT2D eigenvalue weighted by Gasteiger charge is -2.04. The Kier molecular flexibility index (Phi) is 23.4. The fourth-order valence-electron chi connectivity index (χ4n) is 3.59. The van der Waals surface area contributed by atoms with E-state index in [4.69, 9.17) is 0 Å². The highest BCUT2D eigenvalue weighted by molar-refractivity contribution is 5.53. The number of hydrogen-bond acceptors (Lipinski definition) is 1. The van der Waals surface area contributed by atoms with Gasteiger partial charge in [-0.3, -0.25) is 4.99 Å². The van der Waals surface area contributed by atoms with Crippen LogP contribution >= 0.6 is 0 Å². The Balaban J connectivity index is 2.96. The normalized spacial score (nSPS) is 11.6. The highest BCUT2D eigenvalue weighted by atomic mass is 14.7. The van der Waals surface area contributed by atoms with Crippen molar-refractivity contribution in [2.24, 2.45) is 4.99 Å². The van der Waals surface area contributed by atoms with Gasteiger partial charge in [0.05, 0.1) is 0 Å². The molecule has 0 saturated carbocycles. The van der Waals surface area contributed by atoms with Crippen LogP contribution in [0.1, 0.15) is 142 Å². The third kappa shape index (κ3) is 23.7. The Morgan fingerprint density at radius 1 is 0.440 bits per heavy atom. The first kappa shape index (κ1) is 24.7. The van der Waals surface area contributed by atoms with E-state index in [2.05, 4.69) is 11.9 Å². The third-order valence-electron chi connectivity index (χ3n) is 5.32. The van der Waals surface area contributed by atoms with Crippen LogP contribution in [0.5, 0.6) is 0 Å². The Bertz CT molecular complexity index is 246. The molecule has 0 aliphatic rings. The van der Waals surface area contributed by atoms with E-state index in [0.717, 1.165) is 6.54 Å². The molecule has 1 nitrogen and oxygen atoms in total. The van der Waals surface area contributed by atoms with E-state index in [1.807, 2.05) is 13.1 Å². The number of rotatable bonds is 21. The summed E-state index contributed by atoms with van der Waals surface area (Å²) in [5.74, 6) is 0. The molecule has 0 bridgehead atoms. The van der Waals surface area contributed by atoms with Crippen molar-refractivity contribution in [3.05, 3.63) is 0 Å². The van der Waals surface area contributed by atoms with Gasteiger partial charge in [-0.05, 0) is 19.6 Å². The average molecular weight is 352 g/mol. The highest BCUT2D eigenvalue weighted by Crippen LogP contribution is 2.14. The summed E-state index contributed by atoms with van der Waals surface area (Å²) in [4.78, 5) is 4.26. The van der Waals surface area contributed by atoms with Gasteiger partial charge < -0.3 is 0 Å². The molecule has 0 amide bonds. The molecular weight excluding hydrogens is 302 g/mol. The van der Waals surface area contributed by atoms with Gasteiger partial charge in [-0.1, -0.05) is 129 Å². The molecule has 0 saturated heterocycles. The van der Waals surface area contributed by atoms with Crippen LogP contribution in [0.15, 0.2) is 4.99 Å². The van der Waals surface area contributed by atoms with E-state index in [9.17, 15) is 0 Å². The van der Waals surface area contributed by atoms with Gasteiger partial charge in [0, 0.05) is 6.54 Å². The molecule has 150 valence electrons. The largest absolute Gasteiger partial charge is 0.298 e. The Morgan fingerprint density at radius 3 is 1.00 bits per heavy atom. The second-order valence-corrected chi connectivity index (χ2v) is 7.88. The topological polar surface area (TPSA) is 12.4 Å². The fourth-order valence-corrected chi connectivity index (χ4v) is 3.59. The van der Waals surface area contributed by atoms with Gasteiger partial charge in [0.15, 0.2) is 0 Å². The van der Waals surface area contributed by atoms with E-state index in [1.54, 1.807) is 0 Å². The SMILES string of the molecule is CC=NCCCCCCCCCCCCCCCCCCCCCC. The molecule has 0 heterocycles. The van der Waals surface area contributed by atoms with Crippen LogP contribution in [-0.2, 0) is 0 Å². The average Bonchev–Trinajstić information content (AvgIpc) is 2.63. The number of hydrogen-bond donors (Lipinski definition) is 0. The molecule has 0 aromatic rings. The molecule has 0 spiro atoms. The maximum absolute atomic E-state index is 4.26. The van der Waals surface area contributed by atoms with Crippen LogP contribution in [0, 0.1) is 0 Å². The van der Waals surface area contributed by atoms with Crippen molar-refractivity contribution in [3.8, 4) is 0 Å². The third-order valence-corrected chi connectivity index (χ3v) is 5.32. The summed E-state index contributed by atoms with van der Waals surface area (Å²) < 4.78 is 0. The van der Waals surface area contributed by atoms with Crippen molar-refractivity contribution in [3.63, 3.8) is 0 Å². The molecular formula is C24H49N. The quantitative estimate of drug-likeness (QED) is 0.144. The molecule has 0 aromatic heterocycles. The summed E-state index contributed by atoms with van der Waals surface area (Å²) in [6.45, 7) is 5.35. The van der Waals surface area contributed by atoms with Crippen LogP contribution in [-0.4, -0.2) is 12.8 Å². The lowest BCUT2D eigenvalue weighted by atomic mass is 10.0. The Hall–Kier alpha value is -0.330. The van der Waals surface area contributed by atoms with Crippen LogP contribution in [0.4, 0.5) is 0 Å². The minimum atomic E-state index is 1.04. The maximum atomic E-state index is 4.26. The van der Waals surface area contributed by atoms with Crippen molar-refractivity contribution in [2.75, 3.05) is 6.54 Å². The zero-order chi connectivity index (χ0) is 18.3. The van der Waals surface area contributed by atoms with Crippen LogP contribution in [0.3, 0.4) is 0 Å². The Morgan fingerprint density at radius 2 is 0.720 bits per heavy atom. The number of unbranched alkanes of at least 4 members (excludes halogenated alkanes) is 19. The molecule has 1 heteroatoms. The van der Waals surface area contributed by atoms with E-state index in [1.165, 1.54) is 128 Å². The first-order valence-corrected chi connectivity index (χ1v) is 11.9. The van der Waals surface area contributed by atoms with Gasteiger partial charge in [-0.2, -0.15) is 0 Å². The first-order valence-electron chi connectivity index (χ1n) is 11.9. The molecule has 0 unspecified atom stereocenters. The predicted molar refractivity (Wildman–Crippen MR) is 117 cm³/mol. The standard InChI is InChI=1S/C24H49N/c1-3-5-6-7-8-9-10-11-12-13-14-15-16-17-18-19-20-21-22-23-24-25-4-2/h4H,3,5-24H2,1-2H3. The molecule has 0 aliphatic carbocycles. The maximum Gasteiger partial charge on any atom is 0.0385 e. The summed E-state index contributed by atoms with van der Waals surface area (Å²) >= 11 is 0. The Labute approximate surface area is 160 Å². The van der Waals surface area contributed by atoms with Gasteiger partial charge in [-0.15, -0.1) is 0 Å². The molecule has 0 radical (unpaired) electrons. The van der Waals surface area contributed by atoms with Crippen molar-refractivity contribution in [2.45, 2.75) is 142 Å². The predicted octanol–water partition coefficient (Wildman–Crippen LogP) is 8.90. The van der Waals surface area contributed by atoms with Crippen molar-refractivity contribution in [1.82, 2.24) is 0 Å². The monoisotopic (exact) mass is 351 g/mol. The molecule has 0 aromatic carbocycles. The van der Waals surface area contributed by atoms with Gasteiger partial charge in [0.1, 0.15) is 0 Å². The number of aliphatic imine (C=N–C) groups is 1. The molecule has 0 atom stereocenters. The minimum Gasteiger partial charge on any atom is -0.298 e. The van der Waals surface area contributed by atoms with E-state index < -0.39 is 0 Å². The smallest absolute Gasteiger partial charge is 0.0385 e. The summed E-state index contributed by atoms with van der Waals surface area (Å²) in [5, 5.41) is 0. The zero-order valence-corrected chi connectivity index (χ0v) is 17.9. The summed E-state index contributed by atoms with van der Waals surface area (Å²) in [7, 11) is 0. The van der Waals surface area contributed by atoms with Gasteiger partial charge in [-0.25, -0.2) is 0 Å². The van der Waals surface area contributed by atoms with Crippen LogP contribution in [0.25, 0.3) is 0 Å². The van der Waals surface area contributed by atoms with Gasteiger partial charge in [0.2, 0.25) is 0 Å². The van der Waals surface area contributed by atoms with Crippen molar-refractivity contribution >= 4 is 6.21 Å². The lowest BCUT2D eigenvalue weighted by Crippen LogP contribution is -1.85. The highest BCUT2D eigenvalue weighted by Gasteiger charge is 1.95. The molecule has 0 aliphatic heterocycles. The summed E-state index contributed by atoms with van der Waals surface area (Å²) in [6, 6.07) is 0. The van der Waals surface area contributed by atoms with Crippen LogP contribution < -0.4 is 0 Å². The van der Waals surface area contributed by atoms with Crippen molar-refractivity contribution < 1.29 is 0 Å². The second kappa shape index (κ2) is 23.7. The van der Waals surface area contributed by atoms with Crippen molar-refractivity contribution in [1.29, 1.82) is 0 Å². The van der Waals surface area contributed by atoms with E-state index in [-0.39, 0.29) is 0 Å². The molecule has 0 fully saturated rings. The first-order chi connectivity index (χ1) is 12.4. The number of nitrogens with zero attached hydrogens (tertiary/aromatic N) is 1. The molecule has 25 heavy (non-hydrogen) atoms. The summed E-state index contributed by atoms with van der Waals surface area (Å²) in [6.07, 6.45) is 30.9. The molecule has 0 N–H and O–H groups in total. The van der Waals surface area contributed by atoms with Crippen LogP contribution in [0.2, 0.25) is 0 Å². The fraction of sp³-hybridized carbons (Fsp3) is 0.958.